The Hall–Kier alpha value is -2.64. The molecule has 0 aliphatic heterocycles. The Morgan fingerprint density at radius 1 is 1.03 bits per heavy atom. The van der Waals surface area contributed by atoms with Gasteiger partial charge in [-0.05, 0) is 48.1 Å². The van der Waals surface area contributed by atoms with Crippen LogP contribution >= 0.6 is 23.8 Å². The zero-order chi connectivity index (χ0) is 20.9. The third kappa shape index (κ3) is 5.92. The molecule has 0 amide bonds. The van der Waals surface area contributed by atoms with E-state index in [-0.39, 0.29) is 5.69 Å². The first-order chi connectivity index (χ1) is 13.8. The van der Waals surface area contributed by atoms with Gasteiger partial charge in [-0.25, -0.2) is 4.98 Å². The van der Waals surface area contributed by atoms with Gasteiger partial charge in [0.25, 0.3) is 0 Å². The van der Waals surface area contributed by atoms with Gasteiger partial charge in [0.05, 0.1) is 12.1 Å². The van der Waals surface area contributed by atoms with Crippen LogP contribution in [0.3, 0.4) is 0 Å². The summed E-state index contributed by atoms with van der Waals surface area (Å²) in [4.78, 5) is 4.86. The molecular weight excluding hydrogens is 419 g/mol. The molecule has 1 aromatic heterocycles. The molecule has 0 atom stereocenters. The summed E-state index contributed by atoms with van der Waals surface area (Å²) in [5, 5.41) is 3.81. The summed E-state index contributed by atoms with van der Waals surface area (Å²) in [6, 6.07) is 16.1. The number of halogens is 4. The highest BCUT2D eigenvalue weighted by molar-refractivity contribution is 7.80. The van der Waals surface area contributed by atoms with Gasteiger partial charge in [-0.2, -0.15) is 13.2 Å². The van der Waals surface area contributed by atoms with Gasteiger partial charge in [0.2, 0.25) is 0 Å². The van der Waals surface area contributed by atoms with Gasteiger partial charge in [0.15, 0.2) is 17.5 Å². The highest BCUT2D eigenvalue weighted by Gasteiger charge is 2.30. The van der Waals surface area contributed by atoms with Crippen molar-refractivity contribution in [3.8, 4) is 0 Å². The number of pyridine rings is 1. The van der Waals surface area contributed by atoms with Crippen molar-refractivity contribution in [2.24, 2.45) is 0 Å². The zero-order valence-electron chi connectivity index (χ0n) is 15.2. The summed E-state index contributed by atoms with van der Waals surface area (Å²) in [5.74, 6) is 0. The number of alkyl halides is 3. The van der Waals surface area contributed by atoms with Crippen LogP contribution in [-0.4, -0.2) is 10.0 Å². The summed E-state index contributed by atoms with van der Waals surface area (Å²) in [6.07, 6.45) is -0.788. The van der Waals surface area contributed by atoms with Crippen LogP contribution in [0.15, 0.2) is 73.1 Å². The Kier molecular flexibility index (Phi) is 6.71. The molecule has 0 bridgehead atoms. The normalized spacial score (nSPS) is 11.2. The van der Waals surface area contributed by atoms with Crippen molar-refractivity contribution in [1.29, 1.82) is 0 Å². The molecule has 0 saturated heterocycles. The summed E-state index contributed by atoms with van der Waals surface area (Å²) >= 11 is 11.8. The molecule has 150 valence electrons. The predicted molar refractivity (Wildman–Crippen MR) is 111 cm³/mol. The topological polar surface area (TPSA) is 29.4 Å². The number of thiocarbonyl (C=S) groups is 1. The molecule has 0 fully saturated rings. The minimum Gasteiger partial charge on any atom is -0.340 e. The molecule has 29 heavy (non-hydrogen) atoms. The van der Waals surface area contributed by atoms with Crippen molar-refractivity contribution in [1.82, 2.24) is 4.90 Å². The van der Waals surface area contributed by atoms with E-state index in [1.54, 1.807) is 18.3 Å². The lowest BCUT2D eigenvalue weighted by atomic mass is 10.2. The van der Waals surface area contributed by atoms with Gasteiger partial charge in [0, 0.05) is 28.9 Å². The molecule has 8 heteroatoms. The fourth-order valence-electron chi connectivity index (χ4n) is 2.76. The second-order valence-corrected chi connectivity index (χ2v) is 7.16. The Morgan fingerprint density at radius 3 is 2.52 bits per heavy atom. The molecule has 0 radical (unpaired) electrons. The van der Waals surface area contributed by atoms with Crippen LogP contribution < -0.4 is 10.3 Å². The quantitative estimate of drug-likeness (QED) is 0.530. The van der Waals surface area contributed by atoms with Crippen LogP contribution in [0.4, 0.5) is 18.9 Å². The van der Waals surface area contributed by atoms with E-state index in [1.165, 1.54) is 6.07 Å². The number of aromatic nitrogens is 1. The minimum absolute atomic E-state index is 0.272. The Morgan fingerprint density at radius 2 is 1.83 bits per heavy atom. The summed E-state index contributed by atoms with van der Waals surface area (Å²) in [7, 11) is 0. The SMILES string of the molecule is FC(F)(F)c1cccc(NC(=S)N(Cc2ccc[nH+]c2)Cc2ccccc2Cl)c1. The van der Waals surface area contributed by atoms with E-state index in [0.29, 0.717) is 23.2 Å². The number of aromatic amines is 1. The molecule has 3 rings (SSSR count). The van der Waals surface area contributed by atoms with E-state index in [1.807, 2.05) is 41.4 Å². The summed E-state index contributed by atoms with van der Waals surface area (Å²) < 4.78 is 39.0. The van der Waals surface area contributed by atoms with E-state index in [4.69, 9.17) is 23.8 Å². The van der Waals surface area contributed by atoms with E-state index in [9.17, 15) is 13.2 Å². The first-order valence-electron chi connectivity index (χ1n) is 8.74. The van der Waals surface area contributed by atoms with Gasteiger partial charge in [-0.15, -0.1) is 0 Å². The maximum absolute atomic E-state index is 13.0. The van der Waals surface area contributed by atoms with E-state index >= 15 is 0 Å². The summed E-state index contributed by atoms with van der Waals surface area (Å²) in [6.45, 7) is 0.854. The molecule has 0 unspecified atom stereocenters. The Balaban J connectivity index is 1.83. The van der Waals surface area contributed by atoms with Crippen LogP contribution in [0.1, 0.15) is 16.7 Å². The predicted octanol–water partition coefficient (Wildman–Crippen LogP) is 5.57. The highest BCUT2D eigenvalue weighted by Crippen LogP contribution is 2.30. The first kappa shape index (κ1) is 21.1. The van der Waals surface area contributed by atoms with Gasteiger partial charge < -0.3 is 10.2 Å². The lowest BCUT2D eigenvalue weighted by Crippen LogP contribution is -2.34. The Labute approximate surface area is 177 Å². The molecule has 0 spiro atoms. The highest BCUT2D eigenvalue weighted by atomic mass is 35.5. The van der Waals surface area contributed by atoms with E-state index < -0.39 is 11.7 Å². The average Bonchev–Trinajstić information content (AvgIpc) is 2.69. The van der Waals surface area contributed by atoms with Crippen LogP contribution in [0, 0.1) is 0 Å². The number of hydrogen-bond donors (Lipinski definition) is 1. The van der Waals surface area contributed by atoms with Crippen LogP contribution in [0.25, 0.3) is 0 Å². The van der Waals surface area contributed by atoms with Crippen molar-refractivity contribution in [2.45, 2.75) is 19.3 Å². The number of H-pyrrole nitrogens is 1. The van der Waals surface area contributed by atoms with E-state index in [2.05, 4.69) is 10.3 Å². The fourth-order valence-corrected chi connectivity index (χ4v) is 3.20. The Bertz CT molecular complexity index is 980. The number of nitrogens with one attached hydrogen (secondary N) is 2. The van der Waals surface area contributed by atoms with Crippen LogP contribution in [0.2, 0.25) is 5.02 Å². The first-order valence-corrected chi connectivity index (χ1v) is 9.53. The second-order valence-electron chi connectivity index (χ2n) is 6.37. The number of benzene rings is 2. The van der Waals surface area contributed by atoms with Crippen LogP contribution in [-0.2, 0) is 19.3 Å². The zero-order valence-corrected chi connectivity index (χ0v) is 16.8. The van der Waals surface area contributed by atoms with Gasteiger partial charge in [0.1, 0.15) is 0 Å². The van der Waals surface area contributed by atoms with Crippen LogP contribution in [0.5, 0.6) is 0 Å². The van der Waals surface area contributed by atoms with Crippen molar-refractivity contribution in [3.05, 3.63) is 94.8 Å². The fraction of sp³-hybridized carbons (Fsp3) is 0.143. The maximum Gasteiger partial charge on any atom is 0.416 e. The van der Waals surface area contributed by atoms with Crippen molar-refractivity contribution in [3.63, 3.8) is 0 Å². The third-order valence-electron chi connectivity index (χ3n) is 4.19. The number of hydrogen-bond acceptors (Lipinski definition) is 1. The van der Waals surface area contributed by atoms with Crippen molar-refractivity contribution in [2.75, 3.05) is 5.32 Å². The molecule has 0 aliphatic rings. The second kappa shape index (κ2) is 9.24. The molecule has 2 N–H and O–H groups in total. The summed E-state index contributed by atoms with van der Waals surface area (Å²) in [5.41, 5.74) is 1.37. The minimum atomic E-state index is -4.42. The largest absolute Gasteiger partial charge is 0.416 e. The van der Waals surface area contributed by atoms with E-state index in [0.717, 1.165) is 23.3 Å². The number of rotatable bonds is 5. The molecular formula is C21H18ClF3N3S+. The smallest absolute Gasteiger partial charge is 0.340 e. The number of nitrogens with zero attached hydrogens (tertiary/aromatic N) is 1. The average molecular weight is 437 g/mol. The van der Waals surface area contributed by atoms with Gasteiger partial charge >= 0.3 is 6.18 Å². The molecule has 3 aromatic rings. The van der Waals surface area contributed by atoms with Crippen molar-refractivity contribution >= 4 is 34.6 Å². The van der Waals surface area contributed by atoms with Gasteiger partial charge in [-0.1, -0.05) is 35.9 Å². The molecule has 3 nitrogen and oxygen atoms in total. The number of anilines is 1. The molecule has 0 aliphatic carbocycles. The lowest BCUT2D eigenvalue weighted by Gasteiger charge is -2.26. The lowest BCUT2D eigenvalue weighted by molar-refractivity contribution is -0.378. The standard InChI is InChI=1S/C21H17ClF3N3S/c22-19-9-2-1-6-16(19)14-28(13-15-5-4-10-26-12-15)20(29)27-18-8-3-7-17(11-18)21(23,24)25/h1-12H,13-14H2,(H,27,29)/p+1. The molecule has 2 aromatic carbocycles. The van der Waals surface area contributed by atoms with Gasteiger partial charge in [-0.3, -0.25) is 0 Å². The third-order valence-corrected chi connectivity index (χ3v) is 4.92. The molecule has 0 saturated carbocycles. The monoisotopic (exact) mass is 436 g/mol. The van der Waals surface area contributed by atoms with Crippen molar-refractivity contribution < 1.29 is 18.2 Å². The maximum atomic E-state index is 13.0. The molecule has 1 heterocycles.